The Labute approximate surface area is 118 Å². The van der Waals surface area contributed by atoms with Crippen LogP contribution < -0.4 is 5.32 Å². The summed E-state index contributed by atoms with van der Waals surface area (Å²) < 4.78 is 24.3. The molecule has 4 heteroatoms. The van der Waals surface area contributed by atoms with Crippen molar-refractivity contribution in [2.45, 2.75) is 53.0 Å². The molecule has 1 N–H and O–H groups in total. The minimum atomic E-state index is -2.26. The van der Waals surface area contributed by atoms with Gasteiger partial charge in [-0.05, 0) is 47.1 Å². The summed E-state index contributed by atoms with van der Waals surface area (Å²) in [6.45, 7) is 7.29. The van der Waals surface area contributed by atoms with Crippen LogP contribution in [0, 0.1) is 11.3 Å². The van der Waals surface area contributed by atoms with Crippen LogP contribution >= 0.6 is 11.3 Å². The summed E-state index contributed by atoms with van der Waals surface area (Å²) in [6, 6.07) is 0. The third-order valence-corrected chi connectivity index (χ3v) is 5.18. The molecule has 1 aliphatic rings. The summed E-state index contributed by atoms with van der Waals surface area (Å²) in [4.78, 5) is 1.47. The molecule has 0 radical (unpaired) electrons. The molecule has 2 rings (SSSR count). The van der Waals surface area contributed by atoms with Gasteiger partial charge in [0, 0.05) is 11.4 Å². The van der Waals surface area contributed by atoms with Crippen molar-refractivity contribution in [3.8, 4) is 0 Å². The first-order valence-electron chi connectivity index (χ1n) is 6.95. The average Bonchev–Trinajstić information content (AvgIpc) is 2.70. The number of rotatable bonds is 4. The summed E-state index contributed by atoms with van der Waals surface area (Å²) in [6.07, 6.45) is 1.21. The maximum absolute atomic E-state index is 12.1. The Bertz CT molecular complexity index is 420. The van der Waals surface area contributed by atoms with Crippen molar-refractivity contribution in [1.82, 2.24) is 5.32 Å². The Hall–Kier alpha value is -0.480. The van der Waals surface area contributed by atoms with Gasteiger partial charge >= 0.3 is 0 Å². The zero-order valence-electron chi connectivity index (χ0n) is 11.9. The molecule has 1 aromatic heterocycles. The number of nitrogens with one attached hydrogen (secondary N) is 1. The number of thiophene rings is 1. The number of fused-ring (bicyclic) bond motifs is 1. The maximum atomic E-state index is 12.1. The summed E-state index contributed by atoms with van der Waals surface area (Å²) >= 11 is 1.80. The second-order valence-electron chi connectivity index (χ2n) is 6.49. The molecule has 0 amide bonds. The Morgan fingerprint density at radius 2 is 2.16 bits per heavy atom. The first-order valence-corrected chi connectivity index (χ1v) is 7.83. The first-order chi connectivity index (χ1) is 8.88. The van der Waals surface area contributed by atoms with Crippen LogP contribution in [0.4, 0.5) is 8.78 Å². The second kappa shape index (κ2) is 5.88. The van der Waals surface area contributed by atoms with Crippen molar-refractivity contribution in [3.05, 3.63) is 21.4 Å². The van der Waals surface area contributed by atoms with Gasteiger partial charge in [0.1, 0.15) is 0 Å². The van der Waals surface area contributed by atoms with Crippen molar-refractivity contribution in [1.29, 1.82) is 0 Å². The molecule has 1 atom stereocenters. The number of hydrogen-bond acceptors (Lipinski definition) is 2. The zero-order valence-corrected chi connectivity index (χ0v) is 12.7. The van der Waals surface area contributed by atoms with Crippen LogP contribution in [-0.2, 0) is 19.4 Å². The van der Waals surface area contributed by atoms with E-state index in [0.717, 1.165) is 18.8 Å². The number of halogens is 2. The minimum absolute atomic E-state index is 0.213. The molecule has 0 saturated heterocycles. The predicted octanol–water partition coefficient (Wildman–Crippen LogP) is 4.25. The van der Waals surface area contributed by atoms with Gasteiger partial charge in [0.25, 0.3) is 6.43 Å². The van der Waals surface area contributed by atoms with Crippen LogP contribution in [0.5, 0.6) is 0 Å². The first kappa shape index (κ1) is 14.9. The molecule has 19 heavy (non-hydrogen) atoms. The van der Waals surface area contributed by atoms with Crippen LogP contribution in [0.15, 0.2) is 5.38 Å². The van der Waals surface area contributed by atoms with Gasteiger partial charge in [0.15, 0.2) is 0 Å². The normalized spacial score (nSPS) is 19.8. The van der Waals surface area contributed by atoms with E-state index in [4.69, 9.17) is 0 Å². The average molecular weight is 287 g/mol. The molecule has 0 bridgehead atoms. The monoisotopic (exact) mass is 287 g/mol. The highest BCUT2D eigenvalue weighted by molar-refractivity contribution is 7.10. The van der Waals surface area contributed by atoms with Crippen molar-refractivity contribution in [2.24, 2.45) is 11.3 Å². The Kier molecular flexibility index (Phi) is 4.62. The molecule has 1 aromatic rings. The van der Waals surface area contributed by atoms with E-state index in [0.29, 0.717) is 12.0 Å². The van der Waals surface area contributed by atoms with Crippen LogP contribution in [-0.4, -0.2) is 13.0 Å². The molecule has 108 valence electrons. The summed E-state index contributed by atoms with van der Waals surface area (Å²) in [5.41, 5.74) is 3.01. The van der Waals surface area contributed by atoms with E-state index in [1.54, 1.807) is 11.3 Å². The molecular formula is C15H23F2NS. The summed E-state index contributed by atoms with van der Waals surface area (Å²) in [5, 5.41) is 4.98. The molecule has 1 aliphatic carbocycles. The predicted molar refractivity (Wildman–Crippen MR) is 77.0 cm³/mol. The highest BCUT2D eigenvalue weighted by Crippen LogP contribution is 2.40. The van der Waals surface area contributed by atoms with Crippen molar-refractivity contribution in [2.75, 3.05) is 6.54 Å². The number of hydrogen-bond donors (Lipinski definition) is 1. The van der Waals surface area contributed by atoms with Crippen LogP contribution in [0.1, 0.15) is 43.2 Å². The van der Waals surface area contributed by atoms with Crippen molar-refractivity contribution < 1.29 is 8.78 Å². The van der Waals surface area contributed by atoms with Gasteiger partial charge in [-0.2, -0.15) is 0 Å². The van der Waals surface area contributed by atoms with E-state index >= 15 is 0 Å². The lowest BCUT2D eigenvalue weighted by molar-refractivity contribution is 0.145. The SMILES string of the molecule is CC(C)(C)C1CCc2c(CNCC(F)F)csc2C1. The Morgan fingerprint density at radius 1 is 1.42 bits per heavy atom. The molecule has 0 fully saturated rings. The lowest BCUT2D eigenvalue weighted by Crippen LogP contribution is -2.27. The standard InChI is InChI=1S/C15H23F2NS/c1-15(2,3)11-4-5-12-10(7-18-8-14(16)17)9-19-13(12)6-11/h9,11,14,18H,4-8H2,1-3H3. The van der Waals surface area contributed by atoms with Gasteiger partial charge in [-0.1, -0.05) is 20.8 Å². The fourth-order valence-corrected chi connectivity index (χ4v) is 3.97. The summed E-state index contributed by atoms with van der Waals surface area (Å²) in [5.74, 6) is 0.737. The van der Waals surface area contributed by atoms with Gasteiger partial charge in [-0.3, -0.25) is 0 Å². The minimum Gasteiger partial charge on any atom is -0.307 e. The second-order valence-corrected chi connectivity index (χ2v) is 7.45. The molecule has 0 spiro atoms. The smallest absolute Gasteiger partial charge is 0.250 e. The Morgan fingerprint density at radius 3 is 2.79 bits per heavy atom. The van der Waals surface area contributed by atoms with E-state index < -0.39 is 6.43 Å². The third kappa shape index (κ3) is 3.76. The van der Waals surface area contributed by atoms with Crippen LogP contribution in [0.3, 0.4) is 0 Å². The van der Waals surface area contributed by atoms with E-state index in [1.165, 1.54) is 22.4 Å². The topological polar surface area (TPSA) is 12.0 Å². The van der Waals surface area contributed by atoms with E-state index in [9.17, 15) is 8.78 Å². The largest absolute Gasteiger partial charge is 0.307 e. The highest BCUT2D eigenvalue weighted by atomic mass is 32.1. The van der Waals surface area contributed by atoms with Crippen molar-refractivity contribution >= 4 is 11.3 Å². The van der Waals surface area contributed by atoms with Gasteiger partial charge < -0.3 is 5.32 Å². The zero-order chi connectivity index (χ0) is 14.0. The molecular weight excluding hydrogens is 264 g/mol. The fraction of sp³-hybridized carbons (Fsp3) is 0.733. The summed E-state index contributed by atoms with van der Waals surface area (Å²) in [7, 11) is 0. The molecule has 1 unspecified atom stereocenters. The molecule has 0 aliphatic heterocycles. The lowest BCUT2D eigenvalue weighted by Gasteiger charge is -2.34. The van der Waals surface area contributed by atoms with E-state index in [1.807, 2.05) is 0 Å². The van der Waals surface area contributed by atoms with Crippen molar-refractivity contribution in [3.63, 3.8) is 0 Å². The quantitative estimate of drug-likeness (QED) is 0.872. The molecule has 0 aromatic carbocycles. The van der Waals surface area contributed by atoms with E-state index in [-0.39, 0.29) is 6.54 Å². The highest BCUT2D eigenvalue weighted by Gasteiger charge is 2.30. The fourth-order valence-electron chi connectivity index (χ4n) is 2.78. The molecule has 1 nitrogen and oxygen atoms in total. The van der Waals surface area contributed by atoms with Crippen LogP contribution in [0.2, 0.25) is 0 Å². The lowest BCUT2D eigenvalue weighted by atomic mass is 9.72. The van der Waals surface area contributed by atoms with Gasteiger partial charge in [0.2, 0.25) is 0 Å². The molecule has 0 saturated carbocycles. The molecule has 1 heterocycles. The maximum Gasteiger partial charge on any atom is 0.250 e. The van der Waals surface area contributed by atoms with Gasteiger partial charge in [-0.15, -0.1) is 11.3 Å². The van der Waals surface area contributed by atoms with Crippen LogP contribution in [0.25, 0.3) is 0 Å². The van der Waals surface area contributed by atoms with E-state index in [2.05, 4.69) is 31.5 Å². The number of alkyl halides is 2. The third-order valence-electron chi connectivity index (χ3n) is 4.08. The Balaban J connectivity index is 1.99. The van der Waals surface area contributed by atoms with Gasteiger partial charge in [-0.25, -0.2) is 8.78 Å². The van der Waals surface area contributed by atoms with Gasteiger partial charge in [0.05, 0.1) is 6.54 Å².